The number of likely N-dealkylation sites (tertiary alicyclic amines) is 1. The molecule has 2 aromatic carbocycles. The molecule has 0 radical (unpaired) electrons. The summed E-state index contributed by atoms with van der Waals surface area (Å²) in [6.07, 6.45) is 0.630. The zero-order valence-corrected chi connectivity index (χ0v) is 19.2. The third-order valence-corrected chi connectivity index (χ3v) is 6.03. The summed E-state index contributed by atoms with van der Waals surface area (Å²) < 4.78 is 0. The molecule has 1 unspecified atom stereocenters. The first kappa shape index (κ1) is 24.1. The van der Waals surface area contributed by atoms with Crippen LogP contribution in [-0.2, 0) is 9.59 Å². The van der Waals surface area contributed by atoms with Crippen LogP contribution < -0.4 is 0 Å². The number of ketones is 1. The number of aliphatic hydroxyl groups excluding tert-OH is 1. The van der Waals surface area contributed by atoms with E-state index in [2.05, 4.69) is 18.7 Å². The molecule has 1 aliphatic rings. The molecular weight excluding hydrogens is 422 g/mol. The number of nitro benzene ring substituents is 1. The lowest BCUT2D eigenvalue weighted by Gasteiger charge is -2.26. The number of aryl methyl sites for hydroxylation is 1. The summed E-state index contributed by atoms with van der Waals surface area (Å²) in [5.41, 5.74) is 1.62. The number of non-ortho nitro benzene ring substituents is 1. The van der Waals surface area contributed by atoms with Gasteiger partial charge in [-0.15, -0.1) is 0 Å². The van der Waals surface area contributed by atoms with Crippen molar-refractivity contribution in [3.63, 3.8) is 0 Å². The number of nitrogens with zero attached hydrogens (tertiary/aromatic N) is 3. The van der Waals surface area contributed by atoms with Gasteiger partial charge in [-0.25, -0.2) is 0 Å². The Morgan fingerprint density at radius 2 is 1.79 bits per heavy atom. The van der Waals surface area contributed by atoms with Gasteiger partial charge in [0, 0.05) is 24.2 Å². The van der Waals surface area contributed by atoms with Gasteiger partial charge in [0.1, 0.15) is 5.76 Å². The Balaban J connectivity index is 2.07. The van der Waals surface area contributed by atoms with Gasteiger partial charge in [-0.2, -0.15) is 0 Å². The Morgan fingerprint density at radius 3 is 2.39 bits per heavy atom. The van der Waals surface area contributed by atoms with Crippen LogP contribution >= 0.6 is 0 Å². The fraction of sp³-hybridized carbons (Fsp3) is 0.360. The van der Waals surface area contributed by atoms with Crippen LogP contribution in [0.4, 0.5) is 5.69 Å². The van der Waals surface area contributed by atoms with Crippen LogP contribution in [0.1, 0.15) is 43.0 Å². The van der Waals surface area contributed by atoms with E-state index >= 15 is 0 Å². The number of rotatable bonds is 9. The molecule has 1 atom stereocenters. The van der Waals surface area contributed by atoms with Gasteiger partial charge in [0.05, 0.1) is 16.5 Å². The van der Waals surface area contributed by atoms with Gasteiger partial charge in [0.15, 0.2) is 0 Å². The van der Waals surface area contributed by atoms with Crippen molar-refractivity contribution in [1.82, 2.24) is 9.80 Å². The largest absolute Gasteiger partial charge is 0.507 e. The molecule has 0 aliphatic carbocycles. The molecule has 0 saturated carbocycles. The van der Waals surface area contributed by atoms with Gasteiger partial charge in [-0.1, -0.05) is 55.8 Å². The van der Waals surface area contributed by atoms with Crippen LogP contribution in [-0.4, -0.2) is 57.7 Å². The van der Waals surface area contributed by atoms with Crippen LogP contribution in [0, 0.1) is 17.0 Å². The number of aliphatic hydroxyl groups is 1. The molecule has 3 rings (SSSR count). The summed E-state index contributed by atoms with van der Waals surface area (Å²) in [4.78, 5) is 40.5. The zero-order chi connectivity index (χ0) is 24.1. The maximum absolute atomic E-state index is 13.1. The molecule has 2 aromatic rings. The summed E-state index contributed by atoms with van der Waals surface area (Å²) in [6, 6.07) is 12.0. The predicted octanol–water partition coefficient (Wildman–Crippen LogP) is 4.06. The second-order valence-electron chi connectivity index (χ2n) is 8.09. The Kier molecular flexibility index (Phi) is 7.60. The normalized spacial score (nSPS) is 17.7. The molecule has 8 nitrogen and oxygen atoms in total. The third kappa shape index (κ3) is 5.12. The molecule has 1 aliphatic heterocycles. The zero-order valence-electron chi connectivity index (χ0n) is 19.2. The summed E-state index contributed by atoms with van der Waals surface area (Å²) >= 11 is 0. The standard InChI is InChI=1S/C25H29N3O5/c1-4-26(5-2)14-7-15-27-22(19-8-6-9-20(16-19)28(32)33)21(24(30)25(27)31)23(29)18-12-10-17(3)11-13-18/h6,8-13,16,22,29H,4-5,7,14-15H2,1-3H3/b23-21+. The van der Waals surface area contributed by atoms with Crippen LogP contribution in [0.25, 0.3) is 5.76 Å². The highest BCUT2D eigenvalue weighted by molar-refractivity contribution is 6.46. The highest BCUT2D eigenvalue weighted by Crippen LogP contribution is 2.40. The van der Waals surface area contributed by atoms with Crippen LogP contribution in [0.3, 0.4) is 0 Å². The van der Waals surface area contributed by atoms with Crippen LogP contribution in [0.2, 0.25) is 0 Å². The minimum absolute atomic E-state index is 0.0489. The van der Waals surface area contributed by atoms with E-state index in [4.69, 9.17) is 0 Å². The molecule has 1 fully saturated rings. The van der Waals surface area contributed by atoms with Gasteiger partial charge in [0.25, 0.3) is 17.4 Å². The SMILES string of the molecule is CCN(CC)CCCN1C(=O)C(=O)/C(=C(/O)c2ccc(C)cc2)C1c1cccc([N+](=O)[O-])c1. The lowest BCUT2D eigenvalue weighted by atomic mass is 9.94. The first-order valence-corrected chi connectivity index (χ1v) is 11.1. The van der Waals surface area contributed by atoms with Crippen molar-refractivity contribution in [2.75, 3.05) is 26.2 Å². The van der Waals surface area contributed by atoms with Crippen molar-refractivity contribution >= 4 is 23.1 Å². The molecule has 8 heteroatoms. The fourth-order valence-corrected chi connectivity index (χ4v) is 4.14. The third-order valence-electron chi connectivity index (χ3n) is 6.03. The molecule has 1 N–H and O–H groups in total. The van der Waals surface area contributed by atoms with Gasteiger partial charge in [0.2, 0.25) is 0 Å². The molecule has 1 saturated heterocycles. The molecule has 0 bridgehead atoms. The summed E-state index contributed by atoms with van der Waals surface area (Å²) in [5, 5.41) is 22.4. The smallest absolute Gasteiger partial charge is 0.295 e. The minimum Gasteiger partial charge on any atom is -0.507 e. The van der Waals surface area contributed by atoms with Crippen molar-refractivity contribution in [3.8, 4) is 0 Å². The molecular formula is C25H29N3O5. The number of carbonyl (C=O) groups is 2. The van der Waals surface area contributed by atoms with E-state index in [1.807, 2.05) is 6.92 Å². The number of hydrogen-bond donors (Lipinski definition) is 1. The molecule has 1 heterocycles. The van der Waals surface area contributed by atoms with Crippen molar-refractivity contribution in [1.29, 1.82) is 0 Å². The Hall–Kier alpha value is -3.52. The van der Waals surface area contributed by atoms with Gasteiger partial charge in [-0.05, 0) is 38.5 Å². The maximum atomic E-state index is 13.1. The number of amides is 1. The quantitative estimate of drug-likeness (QED) is 0.203. The fourth-order valence-electron chi connectivity index (χ4n) is 4.14. The highest BCUT2D eigenvalue weighted by Gasteiger charge is 2.46. The van der Waals surface area contributed by atoms with E-state index < -0.39 is 22.7 Å². The second-order valence-corrected chi connectivity index (χ2v) is 8.09. The highest BCUT2D eigenvalue weighted by atomic mass is 16.6. The monoisotopic (exact) mass is 451 g/mol. The average molecular weight is 452 g/mol. The average Bonchev–Trinajstić information content (AvgIpc) is 3.07. The van der Waals surface area contributed by atoms with Crippen LogP contribution in [0.15, 0.2) is 54.1 Å². The molecule has 174 valence electrons. The predicted molar refractivity (Wildman–Crippen MR) is 126 cm³/mol. The van der Waals surface area contributed by atoms with E-state index in [-0.39, 0.29) is 17.0 Å². The first-order valence-electron chi connectivity index (χ1n) is 11.1. The number of Topliss-reactive ketones (excluding diaryl/α,β-unsaturated/α-hetero) is 1. The minimum atomic E-state index is -0.900. The van der Waals surface area contributed by atoms with Gasteiger partial charge in [-0.3, -0.25) is 19.7 Å². The van der Waals surface area contributed by atoms with Crippen molar-refractivity contribution in [2.45, 2.75) is 33.2 Å². The number of carbonyl (C=O) groups excluding carboxylic acids is 2. The lowest BCUT2D eigenvalue weighted by molar-refractivity contribution is -0.384. The molecule has 0 spiro atoms. The molecule has 0 aromatic heterocycles. The van der Waals surface area contributed by atoms with E-state index in [1.54, 1.807) is 30.3 Å². The van der Waals surface area contributed by atoms with Crippen molar-refractivity contribution in [2.24, 2.45) is 0 Å². The van der Waals surface area contributed by atoms with E-state index in [1.165, 1.54) is 23.1 Å². The van der Waals surface area contributed by atoms with Crippen molar-refractivity contribution in [3.05, 3.63) is 80.9 Å². The second kappa shape index (κ2) is 10.4. The number of hydrogen-bond acceptors (Lipinski definition) is 6. The van der Waals surface area contributed by atoms with E-state index in [0.29, 0.717) is 24.1 Å². The van der Waals surface area contributed by atoms with Gasteiger partial charge >= 0.3 is 0 Å². The lowest BCUT2D eigenvalue weighted by Crippen LogP contribution is -2.33. The summed E-state index contributed by atoms with van der Waals surface area (Å²) in [5.74, 6) is -1.77. The maximum Gasteiger partial charge on any atom is 0.295 e. The Labute approximate surface area is 193 Å². The summed E-state index contributed by atoms with van der Waals surface area (Å²) in [7, 11) is 0. The van der Waals surface area contributed by atoms with Gasteiger partial charge < -0.3 is 14.9 Å². The topological polar surface area (TPSA) is 104 Å². The Morgan fingerprint density at radius 1 is 1.12 bits per heavy atom. The molecule has 1 amide bonds. The Bertz CT molecular complexity index is 1070. The van der Waals surface area contributed by atoms with E-state index in [9.17, 15) is 24.8 Å². The number of nitro groups is 1. The van der Waals surface area contributed by atoms with E-state index in [0.717, 1.165) is 25.2 Å². The summed E-state index contributed by atoms with van der Waals surface area (Å²) in [6.45, 7) is 8.80. The number of benzene rings is 2. The van der Waals surface area contributed by atoms with Crippen LogP contribution in [0.5, 0.6) is 0 Å². The molecule has 33 heavy (non-hydrogen) atoms. The first-order chi connectivity index (χ1) is 15.8. The van der Waals surface area contributed by atoms with Crippen molar-refractivity contribution < 1.29 is 19.6 Å².